The standard InChI is InChI=1S/C14H25N3O2/c1-3-8-17(10-11-6-4-5-7-15-11)12-9-13(18)16(2)14(12)19/h11-12,15H,3-10H2,1-2H3. The molecule has 0 saturated carbocycles. The van der Waals surface area contributed by atoms with Gasteiger partial charge in [0.15, 0.2) is 0 Å². The van der Waals surface area contributed by atoms with Gasteiger partial charge in [-0.3, -0.25) is 19.4 Å². The summed E-state index contributed by atoms with van der Waals surface area (Å²) < 4.78 is 0. The summed E-state index contributed by atoms with van der Waals surface area (Å²) in [6, 6.07) is 0.232. The lowest BCUT2D eigenvalue weighted by atomic mass is 10.0. The van der Waals surface area contributed by atoms with Gasteiger partial charge in [-0.15, -0.1) is 0 Å². The van der Waals surface area contributed by atoms with Gasteiger partial charge in [0.1, 0.15) is 0 Å². The number of hydrogen-bond donors (Lipinski definition) is 1. The van der Waals surface area contributed by atoms with Crippen LogP contribution < -0.4 is 5.32 Å². The number of likely N-dealkylation sites (N-methyl/N-ethyl adjacent to an activating group) is 1. The lowest BCUT2D eigenvalue weighted by Crippen LogP contribution is -2.49. The highest BCUT2D eigenvalue weighted by Crippen LogP contribution is 2.19. The first kappa shape index (κ1) is 14.5. The Hall–Kier alpha value is -0.940. The van der Waals surface area contributed by atoms with Crippen molar-refractivity contribution in [2.75, 3.05) is 26.7 Å². The Morgan fingerprint density at radius 2 is 2.16 bits per heavy atom. The molecular formula is C14H25N3O2. The highest BCUT2D eigenvalue weighted by Gasteiger charge is 2.40. The topological polar surface area (TPSA) is 52.7 Å². The number of rotatable bonds is 5. The molecule has 1 N–H and O–H groups in total. The fourth-order valence-corrected chi connectivity index (χ4v) is 3.05. The van der Waals surface area contributed by atoms with Crippen LogP contribution in [0.5, 0.6) is 0 Å². The highest BCUT2D eigenvalue weighted by molar-refractivity contribution is 6.05. The summed E-state index contributed by atoms with van der Waals surface area (Å²) in [5.74, 6) is -0.0815. The van der Waals surface area contributed by atoms with E-state index in [0.717, 1.165) is 26.1 Å². The number of carbonyl (C=O) groups excluding carboxylic acids is 2. The van der Waals surface area contributed by atoms with Crippen molar-refractivity contribution in [2.24, 2.45) is 0 Å². The van der Waals surface area contributed by atoms with Gasteiger partial charge in [-0.2, -0.15) is 0 Å². The Labute approximate surface area is 115 Å². The monoisotopic (exact) mass is 267 g/mol. The average molecular weight is 267 g/mol. The zero-order chi connectivity index (χ0) is 13.8. The molecule has 2 atom stereocenters. The molecular weight excluding hydrogens is 242 g/mol. The maximum absolute atomic E-state index is 12.1. The minimum atomic E-state index is -0.235. The average Bonchev–Trinajstić information content (AvgIpc) is 2.67. The molecule has 0 radical (unpaired) electrons. The van der Waals surface area contributed by atoms with E-state index in [1.54, 1.807) is 7.05 Å². The lowest BCUT2D eigenvalue weighted by molar-refractivity contribution is -0.138. The van der Waals surface area contributed by atoms with Crippen molar-refractivity contribution in [3.8, 4) is 0 Å². The summed E-state index contributed by atoms with van der Waals surface area (Å²) in [6.07, 6.45) is 5.03. The molecule has 0 bridgehead atoms. The molecule has 0 aromatic heterocycles. The van der Waals surface area contributed by atoms with Gasteiger partial charge in [0.2, 0.25) is 11.8 Å². The number of imide groups is 1. The third-order valence-electron chi connectivity index (χ3n) is 4.18. The normalized spacial score (nSPS) is 28.5. The molecule has 2 fully saturated rings. The molecule has 5 heteroatoms. The van der Waals surface area contributed by atoms with E-state index in [1.165, 1.54) is 24.2 Å². The van der Waals surface area contributed by atoms with Crippen molar-refractivity contribution < 1.29 is 9.59 Å². The number of piperidine rings is 1. The van der Waals surface area contributed by atoms with E-state index < -0.39 is 0 Å². The van der Waals surface area contributed by atoms with Gasteiger partial charge in [-0.05, 0) is 32.4 Å². The number of hydrogen-bond acceptors (Lipinski definition) is 4. The minimum absolute atomic E-state index is 0.0331. The second kappa shape index (κ2) is 6.48. The fraction of sp³-hybridized carbons (Fsp3) is 0.857. The van der Waals surface area contributed by atoms with Gasteiger partial charge in [0.25, 0.3) is 0 Å². The Bertz CT molecular complexity index is 340. The molecule has 2 aliphatic rings. The Morgan fingerprint density at radius 3 is 2.68 bits per heavy atom. The van der Waals surface area contributed by atoms with E-state index in [2.05, 4.69) is 17.1 Å². The number of amides is 2. The molecule has 0 aliphatic carbocycles. The quantitative estimate of drug-likeness (QED) is 0.741. The van der Waals surface area contributed by atoms with Crippen LogP contribution in [0.4, 0.5) is 0 Å². The van der Waals surface area contributed by atoms with Crippen molar-refractivity contribution in [1.29, 1.82) is 0 Å². The van der Waals surface area contributed by atoms with E-state index in [4.69, 9.17) is 0 Å². The van der Waals surface area contributed by atoms with Crippen LogP contribution in [0.1, 0.15) is 39.0 Å². The van der Waals surface area contributed by atoms with Crippen molar-refractivity contribution in [3.63, 3.8) is 0 Å². The molecule has 19 heavy (non-hydrogen) atoms. The molecule has 2 saturated heterocycles. The first-order valence-electron chi connectivity index (χ1n) is 7.41. The third-order valence-corrected chi connectivity index (χ3v) is 4.18. The summed E-state index contributed by atoms with van der Waals surface area (Å²) in [6.45, 7) is 4.95. The first-order chi connectivity index (χ1) is 9.13. The molecule has 2 heterocycles. The lowest BCUT2D eigenvalue weighted by Gasteiger charge is -2.33. The van der Waals surface area contributed by atoms with E-state index in [-0.39, 0.29) is 17.9 Å². The van der Waals surface area contributed by atoms with Gasteiger partial charge in [0, 0.05) is 19.6 Å². The number of carbonyl (C=O) groups is 2. The molecule has 2 amide bonds. The smallest absolute Gasteiger partial charge is 0.246 e. The molecule has 0 aromatic rings. The van der Waals surface area contributed by atoms with Gasteiger partial charge in [-0.1, -0.05) is 13.3 Å². The molecule has 0 spiro atoms. The van der Waals surface area contributed by atoms with E-state index in [0.29, 0.717) is 12.5 Å². The molecule has 2 rings (SSSR count). The van der Waals surface area contributed by atoms with E-state index >= 15 is 0 Å². The van der Waals surface area contributed by atoms with Gasteiger partial charge >= 0.3 is 0 Å². The van der Waals surface area contributed by atoms with Crippen molar-refractivity contribution in [2.45, 2.75) is 51.1 Å². The number of likely N-dealkylation sites (tertiary alicyclic amines) is 1. The minimum Gasteiger partial charge on any atom is -0.313 e. The van der Waals surface area contributed by atoms with Crippen molar-refractivity contribution >= 4 is 11.8 Å². The Morgan fingerprint density at radius 1 is 1.37 bits per heavy atom. The second-order valence-electron chi connectivity index (χ2n) is 5.65. The van der Waals surface area contributed by atoms with Crippen LogP contribution in [0.25, 0.3) is 0 Å². The maximum atomic E-state index is 12.1. The van der Waals surface area contributed by atoms with Crippen LogP contribution in [0.15, 0.2) is 0 Å². The van der Waals surface area contributed by atoms with Gasteiger partial charge < -0.3 is 5.32 Å². The maximum Gasteiger partial charge on any atom is 0.246 e. The third kappa shape index (κ3) is 3.34. The van der Waals surface area contributed by atoms with Gasteiger partial charge in [-0.25, -0.2) is 0 Å². The zero-order valence-electron chi connectivity index (χ0n) is 12.0. The van der Waals surface area contributed by atoms with Crippen LogP contribution in [0, 0.1) is 0 Å². The largest absolute Gasteiger partial charge is 0.313 e. The fourth-order valence-electron chi connectivity index (χ4n) is 3.05. The zero-order valence-corrected chi connectivity index (χ0v) is 12.0. The molecule has 2 aliphatic heterocycles. The van der Waals surface area contributed by atoms with Crippen LogP contribution in [0.2, 0.25) is 0 Å². The van der Waals surface area contributed by atoms with Gasteiger partial charge in [0.05, 0.1) is 12.5 Å². The van der Waals surface area contributed by atoms with Crippen LogP contribution in [0.3, 0.4) is 0 Å². The summed E-state index contributed by atoms with van der Waals surface area (Å²) in [4.78, 5) is 27.3. The predicted octanol–water partition coefficient (Wildman–Crippen LogP) is 0.598. The van der Waals surface area contributed by atoms with Crippen LogP contribution in [-0.2, 0) is 9.59 Å². The Balaban J connectivity index is 1.98. The first-order valence-corrected chi connectivity index (χ1v) is 7.41. The molecule has 2 unspecified atom stereocenters. The number of nitrogens with one attached hydrogen (secondary N) is 1. The summed E-state index contributed by atoms with van der Waals surface area (Å²) >= 11 is 0. The van der Waals surface area contributed by atoms with E-state index in [1.807, 2.05) is 0 Å². The molecule has 0 aromatic carbocycles. The highest BCUT2D eigenvalue weighted by atomic mass is 16.2. The second-order valence-corrected chi connectivity index (χ2v) is 5.65. The molecule has 108 valence electrons. The summed E-state index contributed by atoms with van der Waals surface area (Å²) in [5.41, 5.74) is 0. The molecule has 5 nitrogen and oxygen atoms in total. The summed E-state index contributed by atoms with van der Waals surface area (Å²) in [5, 5.41) is 3.52. The van der Waals surface area contributed by atoms with Crippen LogP contribution >= 0.6 is 0 Å². The predicted molar refractivity (Wildman–Crippen MR) is 73.7 cm³/mol. The van der Waals surface area contributed by atoms with E-state index in [9.17, 15) is 9.59 Å². The Kier molecular flexibility index (Phi) is 4.93. The SMILES string of the molecule is CCCN(CC1CCCCN1)C1CC(=O)N(C)C1=O. The van der Waals surface area contributed by atoms with Crippen LogP contribution in [-0.4, -0.2) is 60.4 Å². The number of nitrogens with zero attached hydrogens (tertiary/aromatic N) is 2. The van der Waals surface area contributed by atoms with Crippen molar-refractivity contribution in [3.05, 3.63) is 0 Å². The van der Waals surface area contributed by atoms with Crippen molar-refractivity contribution in [1.82, 2.24) is 15.1 Å². The summed E-state index contributed by atoms with van der Waals surface area (Å²) in [7, 11) is 1.59.